The van der Waals surface area contributed by atoms with Crippen LogP contribution >= 0.6 is 0 Å². The van der Waals surface area contributed by atoms with Crippen LogP contribution in [0.2, 0.25) is 0 Å². The molecular formula is C29H22N2O2. The predicted molar refractivity (Wildman–Crippen MR) is 135 cm³/mol. The standard InChI is InChI=1S/C29H22N2O2/c1-20-11-15-23(16-12-20)30-19-27-25-9-5-6-10-26(25)28(32)31(29(27)33)24-17-13-22(14-18-24)21-7-3-2-4-8-21/h2-19,33H,1H3. The van der Waals surface area contributed by atoms with Gasteiger partial charge in [-0.2, -0.15) is 0 Å². The smallest absolute Gasteiger partial charge is 0.265 e. The number of hydrogen-bond acceptors (Lipinski definition) is 3. The van der Waals surface area contributed by atoms with Crippen LogP contribution in [0.4, 0.5) is 5.69 Å². The van der Waals surface area contributed by atoms with Crippen LogP contribution in [0.15, 0.2) is 113 Å². The molecule has 0 bridgehead atoms. The number of hydrogen-bond donors (Lipinski definition) is 1. The molecule has 0 radical (unpaired) electrons. The Morgan fingerprint density at radius 2 is 1.33 bits per heavy atom. The highest BCUT2D eigenvalue weighted by Gasteiger charge is 2.16. The van der Waals surface area contributed by atoms with Gasteiger partial charge in [-0.3, -0.25) is 9.79 Å². The van der Waals surface area contributed by atoms with Crippen molar-refractivity contribution in [3.63, 3.8) is 0 Å². The molecule has 5 rings (SSSR count). The molecule has 0 atom stereocenters. The lowest BCUT2D eigenvalue weighted by atomic mass is 10.0. The number of nitrogens with zero attached hydrogens (tertiary/aromatic N) is 2. The first-order chi connectivity index (χ1) is 16.1. The van der Waals surface area contributed by atoms with Crippen molar-refractivity contribution in [3.8, 4) is 22.7 Å². The van der Waals surface area contributed by atoms with E-state index < -0.39 is 0 Å². The molecule has 0 aliphatic rings. The Morgan fingerprint density at radius 3 is 2.03 bits per heavy atom. The number of aryl methyl sites for hydroxylation is 1. The normalized spacial score (nSPS) is 11.3. The quantitative estimate of drug-likeness (QED) is 0.334. The summed E-state index contributed by atoms with van der Waals surface area (Å²) in [6, 6.07) is 32.7. The maximum absolute atomic E-state index is 13.3. The zero-order valence-corrected chi connectivity index (χ0v) is 18.1. The van der Waals surface area contributed by atoms with E-state index in [1.54, 1.807) is 12.3 Å². The lowest BCUT2D eigenvalue weighted by Gasteiger charge is -2.14. The molecule has 0 aliphatic heterocycles. The molecule has 1 N–H and O–H groups in total. The SMILES string of the molecule is Cc1ccc(N=Cc2c(O)n(-c3ccc(-c4ccccc4)cc3)c(=O)c3ccccc23)cc1. The van der Waals surface area contributed by atoms with Gasteiger partial charge in [0.25, 0.3) is 5.56 Å². The van der Waals surface area contributed by atoms with Crippen LogP contribution in [0.5, 0.6) is 5.88 Å². The van der Waals surface area contributed by atoms with Gasteiger partial charge in [0.15, 0.2) is 0 Å². The van der Waals surface area contributed by atoms with Crippen molar-refractivity contribution in [2.45, 2.75) is 6.92 Å². The first-order valence-corrected chi connectivity index (χ1v) is 10.7. The van der Waals surface area contributed by atoms with Crippen LogP contribution in [0, 0.1) is 6.92 Å². The largest absolute Gasteiger partial charge is 0.494 e. The summed E-state index contributed by atoms with van der Waals surface area (Å²) >= 11 is 0. The zero-order valence-electron chi connectivity index (χ0n) is 18.1. The van der Waals surface area contributed by atoms with Gasteiger partial charge < -0.3 is 5.11 Å². The topological polar surface area (TPSA) is 54.6 Å². The van der Waals surface area contributed by atoms with Gasteiger partial charge in [0.2, 0.25) is 5.88 Å². The van der Waals surface area contributed by atoms with Crippen molar-refractivity contribution in [2.75, 3.05) is 0 Å². The molecule has 0 unspecified atom stereocenters. The second-order valence-corrected chi connectivity index (χ2v) is 7.93. The Kier molecular flexibility index (Phi) is 5.33. The summed E-state index contributed by atoms with van der Waals surface area (Å²) in [5.41, 5.74) is 4.86. The van der Waals surface area contributed by atoms with Crippen molar-refractivity contribution < 1.29 is 5.11 Å². The summed E-state index contributed by atoms with van der Waals surface area (Å²) in [4.78, 5) is 17.9. The minimum atomic E-state index is -0.275. The average Bonchev–Trinajstić information content (AvgIpc) is 2.86. The third-order valence-corrected chi connectivity index (χ3v) is 5.71. The zero-order chi connectivity index (χ0) is 22.8. The predicted octanol–water partition coefficient (Wildman–Crippen LogP) is 6.42. The Morgan fingerprint density at radius 1 is 0.727 bits per heavy atom. The molecule has 0 spiro atoms. The molecule has 0 saturated carbocycles. The summed E-state index contributed by atoms with van der Waals surface area (Å²) in [5, 5.41) is 12.4. The molecule has 4 nitrogen and oxygen atoms in total. The van der Waals surface area contributed by atoms with Crippen LogP contribution in [-0.4, -0.2) is 15.9 Å². The van der Waals surface area contributed by atoms with E-state index in [0.29, 0.717) is 22.0 Å². The minimum Gasteiger partial charge on any atom is -0.494 e. The van der Waals surface area contributed by atoms with Gasteiger partial charge in [-0.15, -0.1) is 0 Å². The van der Waals surface area contributed by atoms with Gasteiger partial charge in [0.05, 0.1) is 16.9 Å². The lowest BCUT2D eigenvalue weighted by Crippen LogP contribution is -2.20. The Bertz CT molecular complexity index is 1520. The number of aromatic nitrogens is 1. The molecular weight excluding hydrogens is 408 g/mol. The van der Waals surface area contributed by atoms with Crippen LogP contribution in [0.1, 0.15) is 11.1 Å². The fourth-order valence-corrected chi connectivity index (χ4v) is 3.93. The lowest BCUT2D eigenvalue weighted by molar-refractivity contribution is 0.436. The van der Waals surface area contributed by atoms with E-state index in [4.69, 9.17) is 0 Å². The second kappa shape index (κ2) is 8.60. The van der Waals surface area contributed by atoms with Crippen LogP contribution < -0.4 is 5.56 Å². The molecule has 4 heteroatoms. The highest BCUT2D eigenvalue weighted by atomic mass is 16.3. The van der Waals surface area contributed by atoms with E-state index in [9.17, 15) is 9.90 Å². The number of aliphatic imine (C=N–C) groups is 1. The summed E-state index contributed by atoms with van der Waals surface area (Å²) < 4.78 is 1.34. The fraction of sp³-hybridized carbons (Fsp3) is 0.0345. The van der Waals surface area contributed by atoms with E-state index >= 15 is 0 Å². The van der Waals surface area contributed by atoms with Crippen molar-refractivity contribution in [2.24, 2.45) is 4.99 Å². The molecule has 0 amide bonds. The van der Waals surface area contributed by atoms with Gasteiger partial charge in [0.1, 0.15) is 0 Å². The highest BCUT2D eigenvalue weighted by Crippen LogP contribution is 2.28. The van der Waals surface area contributed by atoms with Gasteiger partial charge in [-0.05, 0) is 48.4 Å². The molecule has 5 aromatic rings. The van der Waals surface area contributed by atoms with Gasteiger partial charge in [-0.1, -0.05) is 78.4 Å². The molecule has 0 fully saturated rings. The third kappa shape index (κ3) is 3.94. The summed E-state index contributed by atoms with van der Waals surface area (Å²) in [7, 11) is 0. The van der Waals surface area contributed by atoms with E-state index in [1.165, 1.54) is 4.57 Å². The summed E-state index contributed by atoms with van der Waals surface area (Å²) in [5.74, 6) is -0.137. The molecule has 33 heavy (non-hydrogen) atoms. The average molecular weight is 431 g/mol. The van der Waals surface area contributed by atoms with Gasteiger partial charge >= 0.3 is 0 Å². The van der Waals surface area contributed by atoms with E-state index in [0.717, 1.165) is 22.4 Å². The molecule has 0 saturated heterocycles. The van der Waals surface area contributed by atoms with E-state index in [2.05, 4.69) is 4.99 Å². The van der Waals surface area contributed by atoms with Gasteiger partial charge in [0, 0.05) is 17.0 Å². The monoisotopic (exact) mass is 430 g/mol. The highest BCUT2D eigenvalue weighted by molar-refractivity contribution is 6.02. The number of benzene rings is 4. The van der Waals surface area contributed by atoms with Crippen molar-refractivity contribution >= 4 is 22.7 Å². The van der Waals surface area contributed by atoms with Gasteiger partial charge in [-0.25, -0.2) is 4.57 Å². The maximum atomic E-state index is 13.3. The molecule has 1 aromatic heterocycles. The molecule has 160 valence electrons. The first-order valence-electron chi connectivity index (χ1n) is 10.7. The van der Waals surface area contributed by atoms with Crippen molar-refractivity contribution in [1.29, 1.82) is 0 Å². The number of pyridine rings is 1. The fourth-order valence-electron chi connectivity index (χ4n) is 3.93. The van der Waals surface area contributed by atoms with Crippen LogP contribution in [-0.2, 0) is 0 Å². The number of fused-ring (bicyclic) bond motifs is 1. The number of aromatic hydroxyl groups is 1. The summed E-state index contributed by atoms with van der Waals surface area (Å²) in [6.45, 7) is 2.02. The van der Waals surface area contributed by atoms with E-state index in [-0.39, 0.29) is 11.4 Å². The Balaban J connectivity index is 1.65. The Labute approximate surface area is 191 Å². The molecule has 1 heterocycles. The minimum absolute atomic E-state index is 0.137. The first kappa shape index (κ1) is 20.5. The van der Waals surface area contributed by atoms with Crippen molar-refractivity contribution in [1.82, 2.24) is 4.57 Å². The summed E-state index contributed by atoms with van der Waals surface area (Å²) in [6.07, 6.45) is 1.62. The number of rotatable bonds is 4. The van der Waals surface area contributed by atoms with Crippen LogP contribution in [0.25, 0.3) is 27.6 Å². The molecule has 4 aromatic carbocycles. The van der Waals surface area contributed by atoms with E-state index in [1.807, 2.05) is 104 Å². The third-order valence-electron chi connectivity index (χ3n) is 5.71. The molecule has 0 aliphatic carbocycles. The van der Waals surface area contributed by atoms with Crippen molar-refractivity contribution in [3.05, 3.63) is 125 Å². The Hall–Kier alpha value is -4.44. The van der Waals surface area contributed by atoms with Crippen LogP contribution in [0.3, 0.4) is 0 Å². The maximum Gasteiger partial charge on any atom is 0.265 e. The second-order valence-electron chi connectivity index (χ2n) is 7.93.